The third kappa shape index (κ3) is 4.37. The van der Waals surface area contributed by atoms with Crippen LogP contribution in [0.4, 0.5) is 0 Å². The van der Waals surface area contributed by atoms with E-state index >= 15 is 0 Å². The van der Waals surface area contributed by atoms with E-state index in [-0.39, 0.29) is 11.6 Å². The van der Waals surface area contributed by atoms with Crippen molar-refractivity contribution in [3.63, 3.8) is 0 Å². The first-order valence-corrected chi connectivity index (χ1v) is 12.2. The van der Waals surface area contributed by atoms with Crippen LogP contribution in [0, 0.1) is 0 Å². The summed E-state index contributed by atoms with van der Waals surface area (Å²) in [7, 11) is -1.37. The van der Waals surface area contributed by atoms with E-state index in [4.69, 9.17) is 18.6 Å². The van der Waals surface area contributed by atoms with Crippen molar-refractivity contribution in [3.8, 4) is 0 Å². The number of benzene rings is 2. The summed E-state index contributed by atoms with van der Waals surface area (Å²) in [5.74, 6) is -1.32. The van der Waals surface area contributed by atoms with E-state index in [9.17, 15) is 4.79 Å². The minimum atomic E-state index is -2.73. The van der Waals surface area contributed by atoms with E-state index in [0.29, 0.717) is 0 Å². The van der Waals surface area contributed by atoms with E-state index in [1.54, 1.807) is 13.8 Å². The van der Waals surface area contributed by atoms with Crippen molar-refractivity contribution in [3.05, 3.63) is 60.7 Å². The molecule has 0 unspecified atom stereocenters. The Balaban J connectivity index is 2.03. The number of esters is 1. The van der Waals surface area contributed by atoms with Crippen LogP contribution in [0.2, 0.25) is 5.04 Å². The summed E-state index contributed by atoms with van der Waals surface area (Å²) in [6.07, 6.45) is -1.36. The molecule has 3 rings (SSSR count). The Morgan fingerprint density at radius 1 is 0.967 bits per heavy atom. The molecule has 0 saturated carbocycles. The molecule has 162 valence electrons. The zero-order chi connectivity index (χ0) is 22.0. The number of rotatable bonds is 6. The van der Waals surface area contributed by atoms with E-state index in [1.807, 2.05) is 36.4 Å². The molecule has 0 radical (unpaired) electrons. The number of carbonyl (C=O) groups is 1. The summed E-state index contributed by atoms with van der Waals surface area (Å²) in [6, 6.07) is 20.8. The third-order valence-electron chi connectivity index (χ3n) is 5.50. The van der Waals surface area contributed by atoms with Crippen LogP contribution >= 0.6 is 0 Å². The maximum atomic E-state index is 12.3. The summed E-state index contributed by atoms with van der Waals surface area (Å²) in [5, 5.41) is 2.19. The molecule has 2 aromatic rings. The lowest BCUT2D eigenvalue weighted by Gasteiger charge is -2.43. The van der Waals surface area contributed by atoms with Crippen LogP contribution in [0.15, 0.2) is 60.7 Å². The number of hydrogen-bond donors (Lipinski definition) is 0. The summed E-state index contributed by atoms with van der Waals surface area (Å²) in [6.45, 7) is 10.5. The fraction of sp³-hybridized carbons (Fsp3) is 0.458. The Labute approximate surface area is 180 Å². The Morgan fingerprint density at radius 3 is 1.90 bits per heavy atom. The van der Waals surface area contributed by atoms with Gasteiger partial charge < -0.3 is 18.6 Å². The highest BCUT2D eigenvalue weighted by atomic mass is 28.4. The van der Waals surface area contributed by atoms with Gasteiger partial charge in [0.25, 0.3) is 8.32 Å². The molecule has 1 saturated heterocycles. The van der Waals surface area contributed by atoms with Crippen molar-refractivity contribution in [2.45, 2.75) is 57.7 Å². The monoisotopic (exact) mass is 428 g/mol. The second-order valence-corrected chi connectivity index (χ2v) is 13.4. The van der Waals surface area contributed by atoms with Gasteiger partial charge in [-0.2, -0.15) is 0 Å². The largest absolute Gasteiger partial charge is 0.467 e. The summed E-state index contributed by atoms with van der Waals surface area (Å²) in [4.78, 5) is 12.3. The minimum Gasteiger partial charge on any atom is -0.467 e. The molecule has 30 heavy (non-hydrogen) atoms. The molecule has 0 bridgehead atoms. The van der Waals surface area contributed by atoms with Gasteiger partial charge in [-0.25, -0.2) is 4.79 Å². The predicted molar refractivity (Wildman–Crippen MR) is 119 cm³/mol. The summed E-state index contributed by atoms with van der Waals surface area (Å²) < 4.78 is 23.7. The number of ether oxygens (including phenoxy) is 3. The van der Waals surface area contributed by atoms with Crippen LogP contribution in [-0.4, -0.2) is 46.0 Å². The quantitative estimate of drug-likeness (QED) is 0.522. The zero-order valence-electron chi connectivity index (χ0n) is 18.7. The lowest BCUT2D eigenvalue weighted by Crippen LogP contribution is -2.67. The summed E-state index contributed by atoms with van der Waals surface area (Å²) >= 11 is 0. The molecular weight excluding hydrogens is 396 g/mol. The van der Waals surface area contributed by atoms with Gasteiger partial charge in [-0.1, -0.05) is 81.4 Å². The lowest BCUT2D eigenvalue weighted by atomic mass is 10.2. The standard InChI is InChI=1S/C24H32O5Si/c1-23(2,3)30(18-13-9-7-10-14-18,19-15-11-8-12-16-19)27-17-20-21(22(25)26-6)29-24(4,5)28-20/h7-16,20-21H,17H2,1-6H3/t20-,21+/m0/s1. The van der Waals surface area contributed by atoms with Crippen LogP contribution in [-0.2, 0) is 23.4 Å². The lowest BCUT2D eigenvalue weighted by molar-refractivity contribution is -0.168. The molecule has 0 N–H and O–H groups in total. The predicted octanol–water partition coefficient (Wildman–Crippen LogP) is 3.26. The van der Waals surface area contributed by atoms with E-state index in [1.165, 1.54) is 17.5 Å². The van der Waals surface area contributed by atoms with Crippen molar-refractivity contribution in [1.82, 2.24) is 0 Å². The average Bonchev–Trinajstić information content (AvgIpc) is 3.03. The number of carbonyl (C=O) groups excluding carboxylic acids is 1. The topological polar surface area (TPSA) is 54.0 Å². The normalized spacial score (nSPS) is 21.4. The Hall–Kier alpha value is -1.99. The molecule has 2 atom stereocenters. The molecule has 0 aromatic heterocycles. The van der Waals surface area contributed by atoms with Crippen molar-refractivity contribution in [2.75, 3.05) is 13.7 Å². The van der Waals surface area contributed by atoms with Gasteiger partial charge in [-0.3, -0.25) is 0 Å². The van der Waals surface area contributed by atoms with Gasteiger partial charge in [0, 0.05) is 0 Å². The fourth-order valence-electron chi connectivity index (χ4n) is 4.24. The smallest absolute Gasteiger partial charge is 0.337 e. The van der Waals surface area contributed by atoms with Crippen LogP contribution in [0.25, 0.3) is 0 Å². The average molecular weight is 429 g/mol. The highest BCUT2D eigenvalue weighted by Crippen LogP contribution is 2.38. The molecular formula is C24H32O5Si. The number of hydrogen-bond acceptors (Lipinski definition) is 5. The van der Waals surface area contributed by atoms with Gasteiger partial charge in [-0.15, -0.1) is 0 Å². The molecule has 2 aromatic carbocycles. The fourth-order valence-corrected chi connectivity index (χ4v) is 8.81. The Kier molecular flexibility index (Phi) is 6.53. The van der Waals surface area contributed by atoms with Crippen LogP contribution in [0.3, 0.4) is 0 Å². The second-order valence-electron chi connectivity index (χ2n) is 9.09. The molecule has 5 nitrogen and oxygen atoms in total. The second kappa shape index (κ2) is 8.63. The molecule has 6 heteroatoms. The van der Waals surface area contributed by atoms with E-state index < -0.39 is 32.3 Å². The van der Waals surface area contributed by atoms with Crippen molar-refractivity contribution < 1.29 is 23.4 Å². The first-order chi connectivity index (χ1) is 14.1. The Morgan fingerprint density at radius 2 is 1.47 bits per heavy atom. The third-order valence-corrected chi connectivity index (χ3v) is 10.5. The highest BCUT2D eigenvalue weighted by molar-refractivity contribution is 6.99. The van der Waals surface area contributed by atoms with Gasteiger partial charge in [0.15, 0.2) is 11.9 Å². The summed E-state index contributed by atoms with van der Waals surface area (Å²) in [5.41, 5.74) is 0. The first-order valence-electron chi connectivity index (χ1n) is 10.3. The molecule has 0 amide bonds. The van der Waals surface area contributed by atoms with Crippen molar-refractivity contribution in [2.24, 2.45) is 0 Å². The van der Waals surface area contributed by atoms with E-state index in [2.05, 4.69) is 45.0 Å². The maximum Gasteiger partial charge on any atom is 0.337 e. The molecule has 0 aliphatic carbocycles. The van der Waals surface area contributed by atoms with Crippen LogP contribution in [0.1, 0.15) is 34.6 Å². The van der Waals surface area contributed by atoms with Crippen molar-refractivity contribution >= 4 is 24.7 Å². The number of methoxy groups -OCH3 is 1. The van der Waals surface area contributed by atoms with Crippen LogP contribution in [0.5, 0.6) is 0 Å². The molecule has 1 aliphatic heterocycles. The van der Waals surface area contributed by atoms with Crippen molar-refractivity contribution in [1.29, 1.82) is 0 Å². The molecule has 1 aliphatic rings. The van der Waals surface area contributed by atoms with Crippen LogP contribution < -0.4 is 10.4 Å². The SMILES string of the molecule is COC(=O)[C@@H]1OC(C)(C)O[C@H]1CO[Si](c1ccccc1)(c1ccccc1)C(C)(C)C. The van der Waals surface area contributed by atoms with Gasteiger partial charge in [0.1, 0.15) is 6.10 Å². The molecule has 1 fully saturated rings. The molecule has 0 spiro atoms. The highest BCUT2D eigenvalue weighted by Gasteiger charge is 2.53. The van der Waals surface area contributed by atoms with Gasteiger partial charge in [0.05, 0.1) is 13.7 Å². The maximum absolute atomic E-state index is 12.3. The van der Waals surface area contributed by atoms with Gasteiger partial charge >= 0.3 is 5.97 Å². The molecule has 1 heterocycles. The zero-order valence-corrected chi connectivity index (χ0v) is 19.7. The minimum absolute atomic E-state index is 0.161. The van der Waals surface area contributed by atoms with Gasteiger partial charge in [0.2, 0.25) is 0 Å². The first kappa shape index (κ1) is 22.7. The Bertz CT molecular complexity index is 805. The van der Waals surface area contributed by atoms with E-state index in [0.717, 1.165) is 0 Å². The van der Waals surface area contributed by atoms with Gasteiger partial charge in [-0.05, 0) is 29.3 Å².